The van der Waals surface area contributed by atoms with Crippen LogP contribution in [-0.2, 0) is 14.3 Å². The molecular formula is C9H18O3S. The summed E-state index contributed by atoms with van der Waals surface area (Å²) >= 11 is 3.82. The Morgan fingerprint density at radius 1 is 1.46 bits per heavy atom. The first-order valence-electron chi connectivity index (χ1n) is 4.66. The highest BCUT2D eigenvalue weighted by atomic mass is 32.1. The first kappa shape index (κ1) is 12.8. The third kappa shape index (κ3) is 6.90. The molecule has 0 aliphatic rings. The second kappa shape index (κ2) is 8.38. The van der Waals surface area contributed by atoms with Crippen LogP contribution in [0.3, 0.4) is 0 Å². The zero-order valence-electron chi connectivity index (χ0n) is 8.28. The van der Waals surface area contributed by atoms with Crippen LogP contribution in [0.15, 0.2) is 0 Å². The number of unbranched alkanes of at least 4 members (excludes halogenated alkanes) is 1. The molecule has 4 heteroatoms. The van der Waals surface area contributed by atoms with Gasteiger partial charge in [-0.3, -0.25) is 4.79 Å². The quantitative estimate of drug-likeness (QED) is 0.393. The van der Waals surface area contributed by atoms with Crippen LogP contribution in [0.5, 0.6) is 0 Å². The summed E-state index contributed by atoms with van der Waals surface area (Å²) in [6.45, 7) is 4.53. The number of thiol groups is 1. The monoisotopic (exact) mass is 206 g/mol. The number of hydrogen-bond donors (Lipinski definition) is 1. The van der Waals surface area contributed by atoms with Gasteiger partial charge in [-0.15, -0.1) is 0 Å². The fourth-order valence-electron chi connectivity index (χ4n) is 0.917. The maximum Gasteiger partial charge on any atom is 0.317 e. The molecule has 0 saturated heterocycles. The summed E-state index contributed by atoms with van der Waals surface area (Å²) in [4.78, 5) is 10.9. The molecule has 1 unspecified atom stereocenters. The Balaban J connectivity index is 3.71. The lowest BCUT2D eigenvalue weighted by Crippen LogP contribution is -2.22. The summed E-state index contributed by atoms with van der Waals surface area (Å²) < 4.78 is 10.2. The van der Waals surface area contributed by atoms with Crippen LogP contribution >= 0.6 is 12.6 Å². The van der Waals surface area contributed by atoms with E-state index >= 15 is 0 Å². The number of ether oxygens (including phenoxy) is 2. The number of carbonyl (C=O) groups is 1. The molecule has 0 fully saturated rings. The van der Waals surface area contributed by atoms with E-state index in [4.69, 9.17) is 9.47 Å². The lowest BCUT2D eigenvalue weighted by atomic mass is 10.2. The molecule has 0 rings (SSSR count). The second-order valence-corrected chi connectivity index (χ2v) is 2.99. The molecular weight excluding hydrogens is 188 g/mol. The molecule has 0 aliphatic carbocycles. The Hall–Kier alpha value is -0.220. The molecule has 78 valence electrons. The van der Waals surface area contributed by atoms with Crippen molar-refractivity contribution in [1.82, 2.24) is 0 Å². The van der Waals surface area contributed by atoms with Crippen molar-refractivity contribution in [2.24, 2.45) is 0 Å². The summed E-state index contributed by atoms with van der Waals surface area (Å²) in [5.74, 6) is -0.215. The molecule has 0 saturated carbocycles. The zero-order valence-corrected chi connectivity index (χ0v) is 9.18. The average molecular weight is 206 g/mol. The Morgan fingerprint density at radius 2 is 2.15 bits per heavy atom. The molecule has 0 aliphatic heterocycles. The lowest BCUT2D eigenvalue weighted by Gasteiger charge is -2.16. The molecule has 0 amide bonds. The first-order chi connectivity index (χ1) is 6.24. The van der Waals surface area contributed by atoms with Crippen LogP contribution in [0.25, 0.3) is 0 Å². The van der Waals surface area contributed by atoms with Gasteiger partial charge in [0.1, 0.15) is 0 Å². The van der Waals surface area contributed by atoms with E-state index in [-0.39, 0.29) is 18.0 Å². The third-order valence-electron chi connectivity index (χ3n) is 1.54. The van der Waals surface area contributed by atoms with Crippen molar-refractivity contribution >= 4 is 18.6 Å². The van der Waals surface area contributed by atoms with Crippen LogP contribution in [0, 0.1) is 0 Å². The molecule has 3 nitrogen and oxygen atoms in total. The SMILES string of the molecule is CCCCC(OCC)OC(=O)CS. The highest BCUT2D eigenvalue weighted by molar-refractivity contribution is 7.81. The number of carbonyl (C=O) groups excluding carboxylic acids is 1. The Labute approximate surface area is 85.2 Å². The van der Waals surface area contributed by atoms with Crippen LogP contribution in [0.1, 0.15) is 33.1 Å². The van der Waals surface area contributed by atoms with Crippen LogP contribution in [0.4, 0.5) is 0 Å². The van der Waals surface area contributed by atoms with Crippen LogP contribution in [0.2, 0.25) is 0 Å². The third-order valence-corrected chi connectivity index (χ3v) is 1.80. The van der Waals surface area contributed by atoms with Gasteiger partial charge in [-0.05, 0) is 13.3 Å². The number of hydrogen-bond acceptors (Lipinski definition) is 4. The summed E-state index contributed by atoms with van der Waals surface area (Å²) in [7, 11) is 0. The minimum atomic E-state index is -0.385. The van der Waals surface area contributed by atoms with Gasteiger partial charge in [-0.25, -0.2) is 0 Å². The van der Waals surface area contributed by atoms with Gasteiger partial charge in [0.15, 0.2) is 0 Å². The van der Waals surface area contributed by atoms with Gasteiger partial charge in [0.25, 0.3) is 0 Å². The molecule has 0 heterocycles. The van der Waals surface area contributed by atoms with Crippen molar-refractivity contribution in [1.29, 1.82) is 0 Å². The highest BCUT2D eigenvalue weighted by Gasteiger charge is 2.11. The normalized spacial score (nSPS) is 12.5. The van der Waals surface area contributed by atoms with E-state index in [9.17, 15) is 4.79 Å². The summed E-state index contributed by atoms with van der Waals surface area (Å²) in [5, 5.41) is 0. The smallest absolute Gasteiger partial charge is 0.317 e. The predicted molar refractivity (Wildman–Crippen MR) is 54.9 cm³/mol. The number of esters is 1. The molecule has 0 aromatic carbocycles. The van der Waals surface area contributed by atoms with E-state index in [1.807, 2.05) is 6.92 Å². The van der Waals surface area contributed by atoms with Crippen molar-refractivity contribution in [3.8, 4) is 0 Å². The standard InChI is InChI=1S/C9H18O3S/c1-3-5-6-9(11-4-2)12-8(10)7-13/h9,13H,3-7H2,1-2H3. The second-order valence-electron chi connectivity index (χ2n) is 2.68. The largest absolute Gasteiger partial charge is 0.435 e. The van der Waals surface area contributed by atoms with Gasteiger partial charge in [-0.1, -0.05) is 13.3 Å². The first-order valence-corrected chi connectivity index (χ1v) is 5.29. The van der Waals surface area contributed by atoms with Crippen molar-refractivity contribution < 1.29 is 14.3 Å². The minimum Gasteiger partial charge on any atom is -0.435 e. The van der Waals surface area contributed by atoms with Crippen molar-refractivity contribution in [3.05, 3.63) is 0 Å². The predicted octanol–water partition coefficient (Wildman–Crippen LogP) is 2.01. The zero-order chi connectivity index (χ0) is 10.1. The van der Waals surface area contributed by atoms with Crippen LogP contribution in [-0.4, -0.2) is 24.6 Å². The Bertz CT molecular complexity index is 139. The summed E-state index contributed by atoms with van der Waals surface area (Å²) in [6, 6.07) is 0. The van der Waals surface area contributed by atoms with Gasteiger partial charge in [0.05, 0.1) is 5.75 Å². The Morgan fingerprint density at radius 3 is 2.62 bits per heavy atom. The molecule has 0 N–H and O–H groups in total. The molecule has 0 spiro atoms. The van der Waals surface area contributed by atoms with Gasteiger partial charge in [0.2, 0.25) is 6.29 Å². The lowest BCUT2D eigenvalue weighted by molar-refractivity contribution is -0.176. The summed E-state index contributed by atoms with van der Waals surface area (Å²) in [5.41, 5.74) is 0. The van der Waals surface area contributed by atoms with E-state index in [1.165, 1.54) is 0 Å². The topological polar surface area (TPSA) is 35.5 Å². The van der Waals surface area contributed by atoms with Gasteiger partial charge in [-0.2, -0.15) is 12.6 Å². The molecule has 13 heavy (non-hydrogen) atoms. The molecule has 0 bridgehead atoms. The van der Waals surface area contributed by atoms with Gasteiger partial charge < -0.3 is 9.47 Å². The maximum atomic E-state index is 10.9. The highest BCUT2D eigenvalue weighted by Crippen LogP contribution is 2.07. The van der Waals surface area contributed by atoms with Crippen molar-refractivity contribution in [2.45, 2.75) is 39.4 Å². The summed E-state index contributed by atoms with van der Waals surface area (Å²) in [6.07, 6.45) is 2.46. The molecule has 0 aromatic rings. The van der Waals surface area contributed by atoms with E-state index < -0.39 is 0 Å². The average Bonchev–Trinajstić information content (AvgIpc) is 2.14. The van der Waals surface area contributed by atoms with Crippen LogP contribution < -0.4 is 0 Å². The van der Waals surface area contributed by atoms with E-state index in [0.29, 0.717) is 6.61 Å². The van der Waals surface area contributed by atoms with E-state index in [1.54, 1.807) is 0 Å². The molecule has 0 aromatic heterocycles. The van der Waals surface area contributed by atoms with Crippen molar-refractivity contribution in [2.75, 3.05) is 12.4 Å². The minimum absolute atomic E-state index is 0.107. The van der Waals surface area contributed by atoms with Crippen molar-refractivity contribution in [3.63, 3.8) is 0 Å². The van der Waals surface area contributed by atoms with E-state index in [2.05, 4.69) is 19.6 Å². The molecule has 0 radical (unpaired) electrons. The fraction of sp³-hybridized carbons (Fsp3) is 0.889. The van der Waals surface area contributed by atoms with E-state index in [0.717, 1.165) is 19.3 Å². The fourth-order valence-corrected chi connectivity index (χ4v) is 0.991. The Kier molecular flexibility index (Phi) is 8.24. The van der Waals surface area contributed by atoms with Gasteiger partial charge >= 0.3 is 5.97 Å². The van der Waals surface area contributed by atoms with Gasteiger partial charge in [0, 0.05) is 13.0 Å². The number of rotatable bonds is 7. The molecule has 1 atom stereocenters. The maximum absolute atomic E-state index is 10.9.